The van der Waals surface area contributed by atoms with E-state index in [1.165, 1.54) is 4.90 Å². The summed E-state index contributed by atoms with van der Waals surface area (Å²) in [5.41, 5.74) is 0.0667. The fourth-order valence-electron chi connectivity index (χ4n) is 4.88. The van der Waals surface area contributed by atoms with E-state index >= 15 is 0 Å². The number of amides is 3. The van der Waals surface area contributed by atoms with Crippen LogP contribution < -0.4 is 10.6 Å². The van der Waals surface area contributed by atoms with Crippen molar-refractivity contribution in [1.29, 1.82) is 0 Å². The van der Waals surface area contributed by atoms with Crippen molar-refractivity contribution in [2.24, 2.45) is 17.8 Å². The predicted molar refractivity (Wildman–Crippen MR) is 102 cm³/mol. The number of benzene rings is 1. The van der Waals surface area contributed by atoms with Crippen LogP contribution in [0, 0.1) is 17.8 Å². The maximum atomic E-state index is 13.3. The van der Waals surface area contributed by atoms with E-state index in [1.807, 2.05) is 20.8 Å². The van der Waals surface area contributed by atoms with Gasteiger partial charge in [0.05, 0.1) is 11.8 Å². The van der Waals surface area contributed by atoms with Crippen molar-refractivity contribution >= 4 is 35.0 Å². The normalized spacial score (nSPS) is 31.8. The predicted octanol–water partition coefficient (Wildman–Crippen LogP) is 2.52. The molecule has 144 valence electrons. The number of anilines is 1. The second-order valence-corrected chi connectivity index (χ2v) is 8.49. The zero-order valence-electron chi connectivity index (χ0n) is 15.7. The first-order valence-corrected chi connectivity index (χ1v) is 9.95. The number of fused-ring (bicyclic) bond motifs is 4. The minimum absolute atomic E-state index is 0.0933. The molecule has 1 aromatic carbocycles. The Bertz CT molecular complexity index is 840. The van der Waals surface area contributed by atoms with Crippen LogP contribution >= 0.6 is 11.6 Å². The average molecular weight is 390 g/mol. The molecule has 3 aliphatic heterocycles. The van der Waals surface area contributed by atoms with Crippen molar-refractivity contribution in [2.75, 3.05) is 11.9 Å². The second kappa shape index (κ2) is 6.31. The van der Waals surface area contributed by atoms with Crippen LogP contribution in [0.2, 0.25) is 5.02 Å². The highest BCUT2D eigenvalue weighted by Gasteiger charge is 2.70. The summed E-state index contributed by atoms with van der Waals surface area (Å²) in [5, 5.41) is 6.78. The Labute approximate surface area is 163 Å². The number of carbonyl (C=O) groups is 3. The van der Waals surface area contributed by atoms with Crippen LogP contribution in [0.15, 0.2) is 18.2 Å². The Kier molecular flexibility index (Phi) is 4.31. The monoisotopic (exact) mass is 389 g/mol. The maximum Gasteiger partial charge on any atom is 0.250 e. The van der Waals surface area contributed by atoms with Crippen LogP contribution in [-0.2, 0) is 19.9 Å². The van der Waals surface area contributed by atoms with Crippen LogP contribution in [-0.4, -0.2) is 35.2 Å². The van der Waals surface area contributed by atoms with E-state index in [0.29, 0.717) is 22.8 Å². The van der Waals surface area contributed by atoms with Crippen LogP contribution in [0.4, 0.5) is 5.69 Å². The fraction of sp³-hybridized carbons (Fsp3) is 0.550. The van der Waals surface area contributed by atoms with Gasteiger partial charge in [-0.25, -0.2) is 0 Å². The number of hydrogen-bond donors (Lipinski definition) is 2. The summed E-state index contributed by atoms with van der Waals surface area (Å²) in [5.74, 6) is -1.88. The molecule has 4 rings (SSSR count). The van der Waals surface area contributed by atoms with Gasteiger partial charge in [0.2, 0.25) is 17.7 Å². The highest BCUT2D eigenvalue weighted by atomic mass is 35.5. The molecule has 3 heterocycles. The molecule has 1 aromatic rings. The number of hydrogen-bond acceptors (Lipinski definition) is 4. The Morgan fingerprint density at radius 3 is 2.63 bits per heavy atom. The summed E-state index contributed by atoms with van der Waals surface area (Å²) in [6.45, 7) is 6.44. The van der Waals surface area contributed by atoms with E-state index in [4.69, 9.17) is 11.6 Å². The largest absolute Gasteiger partial charge is 0.324 e. The van der Waals surface area contributed by atoms with Gasteiger partial charge < -0.3 is 5.32 Å². The van der Waals surface area contributed by atoms with Crippen molar-refractivity contribution in [2.45, 2.75) is 45.2 Å². The third kappa shape index (κ3) is 2.39. The van der Waals surface area contributed by atoms with E-state index in [-0.39, 0.29) is 29.7 Å². The van der Waals surface area contributed by atoms with Gasteiger partial charge in [0.15, 0.2) is 0 Å². The van der Waals surface area contributed by atoms with E-state index in [9.17, 15) is 14.4 Å². The first kappa shape index (κ1) is 18.4. The van der Waals surface area contributed by atoms with E-state index in [1.54, 1.807) is 18.2 Å². The smallest absolute Gasteiger partial charge is 0.250 e. The number of imide groups is 1. The minimum atomic E-state index is -1.24. The molecular weight excluding hydrogens is 366 g/mol. The van der Waals surface area contributed by atoms with Crippen molar-refractivity contribution in [3.63, 3.8) is 0 Å². The van der Waals surface area contributed by atoms with Crippen molar-refractivity contribution in [3.05, 3.63) is 28.8 Å². The number of nitrogens with one attached hydrogen (secondary N) is 2. The van der Waals surface area contributed by atoms with Gasteiger partial charge in [0.1, 0.15) is 5.54 Å². The van der Waals surface area contributed by atoms with Gasteiger partial charge in [0.25, 0.3) is 0 Å². The second-order valence-electron chi connectivity index (χ2n) is 8.05. The quantitative estimate of drug-likeness (QED) is 0.775. The summed E-state index contributed by atoms with van der Waals surface area (Å²) < 4.78 is 0. The van der Waals surface area contributed by atoms with Gasteiger partial charge >= 0.3 is 0 Å². The summed E-state index contributed by atoms with van der Waals surface area (Å²) in [7, 11) is 0. The maximum absolute atomic E-state index is 13.3. The summed E-state index contributed by atoms with van der Waals surface area (Å²) in [6, 6.07) is 4.93. The summed E-state index contributed by atoms with van der Waals surface area (Å²) >= 11 is 6.21. The molecule has 2 fully saturated rings. The Hall–Kier alpha value is -1.92. The molecule has 1 spiro atoms. The third-order valence-electron chi connectivity index (χ3n) is 6.16. The molecule has 0 saturated carbocycles. The molecule has 27 heavy (non-hydrogen) atoms. The van der Waals surface area contributed by atoms with Gasteiger partial charge in [0, 0.05) is 28.9 Å². The number of unbranched alkanes of at least 4 members (excludes halogenated alkanes) is 1. The SMILES string of the molecule is CCCCN1C(=O)[C@@H]2C(C(C)C)NC3(C(=O)Nc4ccc(Cl)cc43)[C@@H]2C1=O. The average Bonchev–Trinajstić information content (AvgIpc) is 3.20. The van der Waals surface area contributed by atoms with Crippen LogP contribution in [0.25, 0.3) is 0 Å². The molecule has 2 unspecified atom stereocenters. The molecule has 3 amide bonds. The standard InChI is InChI=1S/C20H24ClN3O3/c1-4-5-8-24-17(25)14-15(18(24)26)20(23-16(14)10(2)3)12-9-11(21)6-7-13(12)22-19(20)27/h6-7,9-10,14-16,23H,4-5,8H2,1-3H3,(H,22,27)/t14-,15-,16?,20?/m0/s1. The number of halogens is 1. The van der Waals surface area contributed by atoms with Gasteiger partial charge in [-0.3, -0.25) is 24.6 Å². The Balaban J connectivity index is 1.86. The first-order chi connectivity index (χ1) is 12.8. The van der Waals surface area contributed by atoms with Gasteiger partial charge in [-0.1, -0.05) is 38.8 Å². The highest BCUT2D eigenvalue weighted by Crippen LogP contribution is 2.54. The molecule has 0 bridgehead atoms. The number of likely N-dealkylation sites (tertiary alicyclic amines) is 1. The highest BCUT2D eigenvalue weighted by molar-refractivity contribution is 6.31. The van der Waals surface area contributed by atoms with Crippen molar-refractivity contribution < 1.29 is 14.4 Å². The molecular formula is C20H24ClN3O3. The number of nitrogens with zero attached hydrogens (tertiary/aromatic N) is 1. The number of rotatable bonds is 4. The third-order valence-corrected chi connectivity index (χ3v) is 6.39. The van der Waals surface area contributed by atoms with E-state index < -0.39 is 17.4 Å². The minimum Gasteiger partial charge on any atom is -0.324 e. The molecule has 2 saturated heterocycles. The molecule has 0 radical (unpaired) electrons. The lowest BCUT2D eigenvalue weighted by Crippen LogP contribution is -2.54. The molecule has 4 atom stereocenters. The van der Waals surface area contributed by atoms with Gasteiger partial charge in [-0.05, 0) is 30.5 Å². The Morgan fingerprint density at radius 2 is 1.96 bits per heavy atom. The van der Waals surface area contributed by atoms with Crippen LogP contribution in [0.3, 0.4) is 0 Å². The van der Waals surface area contributed by atoms with Gasteiger partial charge in [-0.2, -0.15) is 0 Å². The van der Waals surface area contributed by atoms with Gasteiger partial charge in [-0.15, -0.1) is 0 Å². The zero-order chi connectivity index (χ0) is 19.5. The lowest BCUT2D eigenvalue weighted by atomic mass is 9.76. The lowest BCUT2D eigenvalue weighted by molar-refractivity contribution is -0.143. The molecule has 0 aliphatic carbocycles. The van der Waals surface area contributed by atoms with E-state index in [0.717, 1.165) is 12.8 Å². The van der Waals surface area contributed by atoms with Crippen molar-refractivity contribution in [3.8, 4) is 0 Å². The molecule has 0 aromatic heterocycles. The molecule has 2 N–H and O–H groups in total. The molecule has 6 nitrogen and oxygen atoms in total. The zero-order valence-corrected chi connectivity index (χ0v) is 16.5. The Morgan fingerprint density at radius 1 is 1.22 bits per heavy atom. The van der Waals surface area contributed by atoms with Crippen molar-refractivity contribution in [1.82, 2.24) is 10.2 Å². The summed E-state index contributed by atoms with van der Waals surface area (Å²) in [4.78, 5) is 41.0. The fourth-order valence-corrected chi connectivity index (χ4v) is 5.05. The summed E-state index contributed by atoms with van der Waals surface area (Å²) in [6.07, 6.45) is 1.65. The number of carbonyl (C=O) groups excluding carboxylic acids is 3. The lowest BCUT2D eigenvalue weighted by Gasteiger charge is -2.30. The van der Waals surface area contributed by atoms with Crippen LogP contribution in [0.5, 0.6) is 0 Å². The first-order valence-electron chi connectivity index (χ1n) is 9.57. The van der Waals surface area contributed by atoms with E-state index in [2.05, 4.69) is 10.6 Å². The topological polar surface area (TPSA) is 78.5 Å². The molecule has 3 aliphatic rings. The van der Waals surface area contributed by atoms with Crippen LogP contribution in [0.1, 0.15) is 39.2 Å². The molecule has 7 heteroatoms.